The van der Waals surface area contributed by atoms with Crippen molar-refractivity contribution < 1.29 is 23.5 Å². The SMILES string of the molecule is CCOc1ccccc1OCC(=O)NCCNC(=O)Cc1ccc(F)cc1. The van der Waals surface area contributed by atoms with Gasteiger partial charge in [0.25, 0.3) is 5.91 Å². The maximum Gasteiger partial charge on any atom is 0.258 e. The second kappa shape index (κ2) is 10.8. The van der Waals surface area contributed by atoms with Crippen LogP contribution in [0, 0.1) is 5.82 Å². The molecule has 0 saturated carbocycles. The van der Waals surface area contributed by atoms with Gasteiger partial charge < -0.3 is 20.1 Å². The van der Waals surface area contributed by atoms with Gasteiger partial charge in [0.2, 0.25) is 5.91 Å². The molecule has 0 saturated heterocycles. The molecule has 0 aliphatic carbocycles. The van der Waals surface area contributed by atoms with Crippen LogP contribution in [-0.2, 0) is 16.0 Å². The van der Waals surface area contributed by atoms with Crippen LogP contribution in [0.3, 0.4) is 0 Å². The zero-order valence-electron chi connectivity index (χ0n) is 15.2. The highest BCUT2D eigenvalue weighted by Crippen LogP contribution is 2.26. The molecule has 27 heavy (non-hydrogen) atoms. The second-order valence-electron chi connectivity index (χ2n) is 5.67. The average Bonchev–Trinajstić information content (AvgIpc) is 2.66. The number of rotatable bonds is 10. The van der Waals surface area contributed by atoms with Crippen LogP contribution >= 0.6 is 0 Å². The predicted octanol–water partition coefficient (Wildman–Crippen LogP) is 2.08. The van der Waals surface area contributed by atoms with Crippen molar-refractivity contribution >= 4 is 11.8 Å². The number of hydrogen-bond donors (Lipinski definition) is 2. The molecule has 0 aliphatic heterocycles. The van der Waals surface area contributed by atoms with Gasteiger partial charge in [0.1, 0.15) is 5.82 Å². The summed E-state index contributed by atoms with van der Waals surface area (Å²) in [5.74, 6) is 0.253. The Morgan fingerprint density at radius 2 is 1.48 bits per heavy atom. The minimum absolute atomic E-state index is 0.145. The Balaban J connectivity index is 1.63. The second-order valence-corrected chi connectivity index (χ2v) is 5.67. The summed E-state index contributed by atoms with van der Waals surface area (Å²) in [5.41, 5.74) is 0.722. The molecule has 2 amide bonds. The van der Waals surface area contributed by atoms with Crippen LogP contribution in [0.1, 0.15) is 12.5 Å². The lowest BCUT2D eigenvalue weighted by atomic mass is 10.1. The first-order valence-electron chi connectivity index (χ1n) is 8.71. The number of halogens is 1. The van der Waals surface area contributed by atoms with E-state index >= 15 is 0 Å². The third-order valence-corrected chi connectivity index (χ3v) is 3.56. The van der Waals surface area contributed by atoms with Gasteiger partial charge in [0.15, 0.2) is 18.1 Å². The average molecular weight is 374 g/mol. The molecule has 0 unspecified atom stereocenters. The maximum absolute atomic E-state index is 12.8. The highest BCUT2D eigenvalue weighted by atomic mass is 19.1. The lowest BCUT2D eigenvalue weighted by molar-refractivity contribution is -0.124. The summed E-state index contributed by atoms with van der Waals surface area (Å²) in [7, 11) is 0. The summed E-state index contributed by atoms with van der Waals surface area (Å²) in [6.07, 6.45) is 0.158. The molecule has 0 aromatic heterocycles. The van der Waals surface area contributed by atoms with Crippen molar-refractivity contribution in [3.8, 4) is 11.5 Å². The molecule has 2 N–H and O–H groups in total. The molecule has 0 fully saturated rings. The van der Waals surface area contributed by atoms with Crippen LogP contribution in [-0.4, -0.2) is 38.1 Å². The molecule has 0 heterocycles. The third kappa shape index (κ3) is 7.35. The van der Waals surface area contributed by atoms with Crippen molar-refractivity contribution in [2.75, 3.05) is 26.3 Å². The summed E-state index contributed by atoms with van der Waals surface area (Å²) in [6.45, 7) is 2.80. The summed E-state index contributed by atoms with van der Waals surface area (Å²) in [4.78, 5) is 23.6. The number of carbonyl (C=O) groups excluding carboxylic acids is 2. The summed E-state index contributed by atoms with van der Waals surface area (Å²) in [6, 6.07) is 12.9. The van der Waals surface area contributed by atoms with E-state index in [1.807, 2.05) is 13.0 Å². The van der Waals surface area contributed by atoms with Crippen LogP contribution < -0.4 is 20.1 Å². The molecule has 7 heteroatoms. The van der Waals surface area contributed by atoms with Crippen molar-refractivity contribution in [2.24, 2.45) is 0 Å². The Morgan fingerprint density at radius 3 is 2.11 bits per heavy atom. The highest BCUT2D eigenvalue weighted by Gasteiger charge is 2.07. The van der Waals surface area contributed by atoms with Crippen LogP contribution in [0.5, 0.6) is 11.5 Å². The Kier molecular flexibility index (Phi) is 8.09. The summed E-state index contributed by atoms with van der Waals surface area (Å²) >= 11 is 0. The van der Waals surface area contributed by atoms with E-state index in [4.69, 9.17) is 9.47 Å². The Bertz CT molecular complexity index is 750. The van der Waals surface area contributed by atoms with Gasteiger partial charge in [-0.2, -0.15) is 0 Å². The molecule has 0 bridgehead atoms. The highest BCUT2D eigenvalue weighted by molar-refractivity contribution is 5.79. The first-order valence-corrected chi connectivity index (χ1v) is 8.71. The van der Waals surface area contributed by atoms with Crippen LogP contribution in [0.15, 0.2) is 48.5 Å². The molecule has 2 aromatic carbocycles. The number of para-hydroxylation sites is 2. The first kappa shape index (κ1) is 20.2. The Morgan fingerprint density at radius 1 is 0.889 bits per heavy atom. The summed E-state index contributed by atoms with van der Waals surface area (Å²) < 4.78 is 23.7. The number of carbonyl (C=O) groups is 2. The van der Waals surface area contributed by atoms with Crippen LogP contribution in [0.4, 0.5) is 4.39 Å². The van der Waals surface area contributed by atoms with Gasteiger partial charge in [-0.15, -0.1) is 0 Å². The van der Waals surface area contributed by atoms with Gasteiger partial charge >= 0.3 is 0 Å². The zero-order valence-corrected chi connectivity index (χ0v) is 15.2. The fourth-order valence-corrected chi connectivity index (χ4v) is 2.29. The molecular weight excluding hydrogens is 351 g/mol. The Labute approximate surface area is 157 Å². The molecule has 0 aliphatic rings. The van der Waals surface area contributed by atoms with Crippen molar-refractivity contribution in [3.05, 3.63) is 59.9 Å². The van der Waals surface area contributed by atoms with E-state index in [9.17, 15) is 14.0 Å². The largest absolute Gasteiger partial charge is 0.490 e. The minimum Gasteiger partial charge on any atom is -0.490 e. The topological polar surface area (TPSA) is 76.7 Å². The lowest BCUT2D eigenvalue weighted by Crippen LogP contribution is -2.37. The Hall–Kier alpha value is -3.09. The quantitative estimate of drug-likeness (QED) is 0.625. The van der Waals surface area contributed by atoms with E-state index in [0.717, 1.165) is 5.56 Å². The van der Waals surface area contributed by atoms with E-state index in [2.05, 4.69) is 10.6 Å². The minimum atomic E-state index is -0.340. The number of benzene rings is 2. The van der Waals surface area contributed by atoms with Gasteiger partial charge in [0.05, 0.1) is 13.0 Å². The van der Waals surface area contributed by atoms with Gasteiger partial charge in [-0.05, 0) is 36.8 Å². The standard InChI is InChI=1S/C20H23FN2O4/c1-2-26-17-5-3-4-6-18(17)27-14-20(25)23-12-11-22-19(24)13-15-7-9-16(21)10-8-15/h3-10H,2,11-14H2,1H3,(H,22,24)(H,23,25). The molecular formula is C20H23FN2O4. The van der Waals surface area contributed by atoms with Gasteiger partial charge in [0, 0.05) is 13.1 Å². The third-order valence-electron chi connectivity index (χ3n) is 3.56. The van der Waals surface area contributed by atoms with Crippen molar-refractivity contribution in [3.63, 3.8) is 0 Å². The van der Waals surface area contributed by atoms with E-state index in [-0.39, 0.29) is 37.2 Å². The van der Waals surface area contributed by atoms with E-state index in [0.29, 0.717) is 24.7 Å². The fourth-order valence-electron chi connectivity index (χ4n) is 2.29. The van der Waals surface area contributed by atoms with E-state index in [1.165, 1.54) is 12.1 Å². The number of hydrogen-bond acceptors (Lipinski definition) is 4. The lowest BCUT2D eigenvalue weighted by Gasteiger charge is -2.12. The van der Waals surface area contributed by atoms with E-state index < -0.39 is 0 Å². The van der Waals surface area contributed by atoms with Gasteiger partial charge in [-0.25, -0.2) is 4.39 Å². The number of nitrogens with one attached hydrogen (secondary N) is 2. The molecule has 0 radical (unpaired) electrons. The molecule has 2 aromatic rings. The number of amides is 2. The van der Waals surface area contributed by atoms with Crippen LogP contribution in [0.25, 0.3) is 0 Å². The van der Waals surface area contributed by atoms with E-state index in [1.54, 1.807) is 30.3 Å². The van der Waals surface area contributed by atoms with Gasteiger partial charge in [-0.3, -0.25) is 9.59 Å². The maximum atomic E-state index is 12.8. The molecule has 0 atom stereocenters. The predicted molar refractivity (Wildman–Crippen MR) is 99.2 cm³/mol. The summed E-state index contributed by atoms with van der Waals surface area (Å²) in [5, 5.41) is 5.35. The van der Waals surface area contributed by atoms with Crippen molar-refractivity contribution in [2.45, 2.75) is 13.3 Å². The smallest absolute Gasteiger partial charge is 0.258 e. The zero-order chi connectivity index (χ0) is 19.5. The van der Waals surface area contributed by atoms with Crippen LogP contribution in [0.2, 0.25) is 0 Å². The molecule has 2 rings (SSSR count). The van der Waals surface area contributed by atoms with Crippen molar-refractivity contribution in [1.29, 1.82) is 0 Å². The molecule has 144 valence electrons. The normalized spacial score (nSPS) is 10.1. The number of ether oxygens (including phenoxy) is 2. The molecule has 0 spiro atoms. The monoisotopic (exact) mass is 374 g/mol. The van der Waals surface area contributed by atoms with Crippen molar-refractivity contribution in [1.82, 2.24) is 10.6 Å². The van der Waals surface area contributed by atoms with Gasteiger partial charge in [-0.1, -0.05) is 24.3 Å². The molecule has 6 nitrogen and oxygen atoms in total. The first-order chi connectivity index (χ1) is 13.1. The fraction of sp³-hybridized carbons (Fsp3) is 0.300.